The molecule has 0 aromatic rings. The van der Waals surface area contributed by atoms with Crippen LogP contribution in [-0.4, -0.2) is 0 Å². The van der Waals surface area contributed by atoms with E-state index >= 15 is 0 Å². The van der Waals surface area contributed by atoms with Gasteiger partial charge >= 0.3 is 35.9 Å². The van der Waals surface area contributed by atoms with Crippen LogP contribution in [0, 0.1) is 0 Å². The molecule has 0 N–H and O–H groups in total. The molecule has 0 heterocycles. The summed E-state index contributed by atoms with van der Waals surface area (Å²) >= 11 is -11.2. The van der Waals surface area contributed by atoms with Gasteiger partial charge in [0.15, 0.2) is 0 Å². The third kappa shape index (κ3) is 1150. The maximum absolute atomic E-state index is 11.2. The Morgan fingerprint density at radius 2 is 0.571 bits per heavy atom. The van der Waals surface area contributed by atoms with Crippen LogP contribution in [0.15, 0.2) is 0 Å². The van der Waals surface area contributed by atoms with Crippen LogP contribution in [0.25, 0.3) is 0 Å². The summed E-state index contributed by atoms with van der Waals surface area (Å²) in [4.78, 5) is 0. The number of hydrogen-bond acceptors (Lipinski definition) is 0. The van der Waals surface area contributed by atoms with E-state index in [0.717, 1.165) is 0 Å². The van der Waals surface area contributed by atoms with Crippen molar-refractivity contribution >= 4 is 0 Å². The van der Waals surface area contributed by atoms with Gasteiger partial charge in [0, 0.05) is 0 Å². The molecule has 0 amide bonds. The van der Waals surface area contributed by atoms with E-state index in [0.29, 0.717) is 0 Å². The van der Waals surface area contributed by atoms with Gasteiger partial charge < -0.3 is 0 Å². The molecule has 0 aromatic carbocycles. The molecule has 7 heavy (non-hydrogen) atoms. The topological polar surface area (TPSA) is 0 Å². The van der Waals surface area contributed by atoms with Gasteiger partial charge in [-0.05, 0) is 0 Å². The van der Waals surface area contributed by atoms with Crippen molar-refractivity contribution in [3.05, 3.63) is 0 Å². The first-order valence-electron chi connectivity index (χ1n) is 1.01. The standard InChI is InChI=1S/6FH.Nb/h6*1H;/q;;;;;;+5/p-6. The predicted octanol–water partition coefficient (Wildman–Crippen LogP) is 2.52. The second-order valence-electron chi connectivity index (χ2n) is 0.958. The molecular weight excluding hydrogens is 207 g/mol. The van der Waals surface area contributed by atoms with E-state index in [1.807, 2.05) is 0 Å². The van der Waals surface area contributed by atoms with Gasteiger partial charge in [0.25, 0.3) is 0 Å². The van der Waals surface area contributed by atoms with Gasteiger partial charge in [-0.3, -0.25) is 0 Å². The van der Waals surface area contributed by atoms with Crippen LogP contribution < -0.4 is 0 Å². The molecule has 0 atom stereocenters. The SMILES string of the molecule is [F][Nb-]([F])([F])([F])([F])[F]. The van der Waals surface area contributed by atoms with Crippen molar-refractivity contribution in [3.63, 3.8) is 0 Å². The van der Waals surface area contributed by atoms with Crippen molar-refractivity contribution in [2.75, 3.05) is 0 Å². The molecule has 7 heteroatoms. The molecule has 0 saturated carbocycles. The summed E-state index contributed by atoms with van der Waals surface area (Å²) in [7, 11) is 0. The van der Waals surface area contributed by atoms with E-state index in [1.54, 1.807) is 0 Å². The van der Waals surface area contributed by atoms with Crippen molar-refractivity contribution in [3.8, 4) is 0 Å². The van der Waals surface area contributed by atoms with Gasteiger partial charge in [-0.15, -0.1) is 0 Å². The van der Waals surface area contributed by atoms with E-state index < -0.39 is 17.8 Å². The quantitative estimate of drug-likeness (QED) is 0.422. The van der Waals surface area contributed by atoms with Crippen LogP contribution in [0.2, 0.25) is 0 Å². The Balaban J connectivity index is 4.43. The molecular formula is F6Nb-. The Hall–Kier alpha value is 0.320. The summed E-state index contributed by atoms with van der Waals surface area (Å²) in [6.07, 6.45) is 0. The molecule has 0 rings (SSSR count). The molecule has 0 spiro atoms. The fraction of sp³-hybridized carbons (Fsp3) is 0. The molecule has 0 aliphatic carbocycles. The number of hydrogen-bond donors (Lipinski definition) is 0. The minimum atomic E-state index is -11.2. The first-order chi connectivity index (χ1) is 2.45. The Bertz CT molecular complexity index is 62.7. The molecule has 0 nitrogen and oxygen atoms in total. The Kier molecular flexibility index (Phi) is 0.797. The number of halogens is 6. The molecule has 0 fully saturated rings. The summed E-state index contributed by atoms with van der Waals surface area (Å²) in [5, 5.41) is 0. The fourth-order valence-corrected chi connectivity index (χ4v) is 0. The molecule has 0 aromatic heterocycles. The zero-order valence-electron chi connectivity index (χ0n) is 2.72. The Morgan fingerprint density at radius 3 is 0.571 bits per heavy atom. The van der Waals surface area contributed by atoms with Crippen molar-refractivity contribution in [1.29, 1.82) is 0 Å². The van der Waals surface area contributed by atoms with Gasteiger partial charge in [-0.2, -0.15) is 0 Å². The van der Waals surface area contributed by atoms with Gasteiger partial charge in [-0.1, -0.05) is 0 Å². The Labute approximate surface area is 36.7 Å². The van der Waals surface area contributed by atoms with Crippen LogP contribution in [-0.2, 0) is 17.8 Å². The zero-order chi connectivity index (χ0) is 6.41. The monoisotopic (exact) mass is 207 g/mol. The van der Waals surface area contributed by atoms with Crippen LogP contribution in [0.4, 0.5) is 18.1 Å². The van der Waals surface area contributed by atoms with Crippen LogP contribution >= 0.6 is 0 Å². The summed E-state index contributed by atoms with van der Waals surface area (Å²) in [5.74, 6) is 0. The molecule has 0 radical (unpaired) electrons. The second kappa shape index (κ2) is 0.762. The molecule has 0 unspecified atom stereocenters. The molecule has 0 saturated heterocycles. The molecule has 0 aliphatic heterocycles. The fourth-order valence-electron chi connectivity index (χ4n) is 0. The van der Waals surface area contributed by atoms with Crippen molar-refractivity contribution in [1.82, 2.24) is 0 Å². The first kappa shape index (κ1) is 7.32. The zero-order valence-corrected chi connectivity index (χ0v) is 4.91. The van der Waals surface area contributed by atoms with E-state index in [-0.39, 0.29) is 0 Å². The average Bonchev–Trinajstić information content (AvgIpc) is 0.592. The normalized spacial score (nSPS) is 23.1. The minimum absolute atomic E-state index is 9.93. The maximum atomic E-state index is 9.93. The van der Waals surface area contributed by atoms with Crippen molar-refractivity contribution in [2.24, 2.45) is 0 Å². The van der Waals surface area contributed by atoms with E-state index in [2.05, 4.69) is 0 Å². The Morgan fingerprint density at radius 1 is 0.571 bits per heavy atom. The van der Waals surface area contributed by atoms with Gasteiger partial charge in [0.05, 0.1) is 0 Å². The third-order valence-electron chi connectivity index (χ3n) is 0. The number of rotatable bonds is 0. The van der Waals surface area contributed by atoms with Crippen molar-refractivity contribution < 1.29 is 35.9 Å². The molecule has 0 aliphatic rings. The van der Waals surface area contributed by atoms with Gasteiger partial charge in [0.2, 0.25) is 0 Å². The summed E-state index contributed by atoms with van der Waals surface area (Å²) < 4.78 is 59.6. The van der Waals surface area contributed by atoms with Gasteiger partial charge in [-0.25, -0.2) is 0 Å². The molecule has 48 valence electrons. The average molecular weight is 207 g/mol. The van der Waals surface area contributed by atoms with Crippen LogP contribution in [0.3, 0.4) is 0 Å². The molecule has 0 bridgehead atoms. The van der Waals surface area contributed by atoms with Crippen LogP contribution in [0.1, 0.15) is 0 Å². The summed E-state index contributed by atoms with van der Waals surface area (Å²) in [6, 6.07) is 0. The van der Waals surface area contributed by atoms with E-state index in [4.69, 9.17) is 0 Å². The third-order valence-corrected chi connectivity index (χ3v) is 0. The summed E-state index contributed by atoms with van der Waals surface area (Å²) in [6.45, 7) is 0. The van der Waals surface area contributed by atoms with E-state index in [1.165, 1.54) is 0 Å². The summed E-state index contributed by atoms with van der Waals surface area (Å²) in [5.41, 5.74) is 0. The van der Waals surface area contributed by atoms with E-state index in [9.17, 15) is 18.1 Å². The van der Waals surface area contributed by atoms with Crippen molar-refractivity contribution in [2.45, 2.75) is 0 Å². The van der Waals surface area contributed by atoms with Gasteiger partial charge in [0.1, 0.15) is 0 Å². The van der Waals surface area contributed by atoms with Crippen LogP contribution in [0.5, 0.6) is 0 Å². The predicted molar refractivity (Wildman–Crippen MR) is 6.65 cm³/mol. The second-order valence-corrected chi connectivity index (χ2v) is 5.67. The first-order valence-corrected chi connectivity index (χ1v) is 6.00.